The van der Waals surface area contributed by atoms with Crippen molar-refractivity contribution in [2.45, 2.75) is 13.8 Å². The summed E-state index contributed by atoms with van der Waals surface area (Å²) in [6.45, 7) is 4.25. The third kappa shape index (κ3) is 2.08. The molecule has 0 amide bonds. The van der Waals surface area contributed by atoms with Crippen molar-refractivity contribution in [2.75, 3.05) is 11.9 Å². The first kappa shape index (κ1) is 10.7. The lowest BCUT2D eigenvalue weighted by Crippen LogP contribution is -2.10. The molecule has 0 aliphatic heterocycles. The second-order valence-electron chi connectivity index (χ2n) is 4.18. The average Bonchev–Trinajstić information content (AvgIpc) is 2.30. The molecule has 0 radical (unpaired) electrons. The molecule has 0 fully saturated rings. The highest BCUT2D eigenvalue weighted by Gasteiger charge is 2.05. The van der Waals surface area contributed by atoms with Crippen LogP contribution in [0.1, 0.15) is 11.1 Å². The maximum absolute atomic E-state index is 2.22. The molecule has 2 aromatic rings. The summed E-state index contributed by atoms with van der Waals surface area (Å²) in [5.41, 5.74) is 5.07. The van der Waals surface area contributed by atoms with Crippen molar-refractivity contribution in [1.29, 1.82) is 0 Å². The van der Waals surface area contributed by atoms with Crippen LogP contribution in [-0.2, 0) is 0 Å². The zero-order chi connectivity index (χ0) is 11.5. The summed E-state index contributed by atoms with van der Waals surface area (Å²) in [6.07, 6.45) is 0. The van der Waals surface area contributed by atoms with Crippen LogP contribution in [0.4, 0.5) is 11.4 Å². The smallest absolute Gasteiger partial charge is 0.0437 e. The van der Waals surface area contributed by atoms with Crippen LogP contribution in [0.3, 0.4) is 0 Å². The van der Waals surface area contributed by atoms with E-state index in [4.69, 9.17) is 0 Å². The van der Waals surface area contributed by atoms with Gasteiger partial charge in [-0.05, 0) is 37.6 Å². The standard InChI is InChI=1S/C15H17N/c1-12-8-10-14(11-9-12)16(3)15-7-5-4-6-13(15)2/h4-11H,1-3H3. The molecule has 82 valence electrons. The molecule has 0 N–H and O–H groups in total. The molecule has 0 saturated heterocycles. The van der Waals surface area contributed by atoms with E-state index >= 15 is 0 Å². The Kier molecular flexibility index (Phi) is 2.95. The molecule has 0 bridgehead atoms. The van der Waals surface area contributed by atoms with Gasteiger partial charge in [0.1, 0.15) is 0 Å². The Labute approximate surface area is 97.3 Å². The molecule has 0 atom stereocenters. The second kappa shape index (κ2) is 4.40. The molecule has 16 heavy (non-hydrogen) atoms. The summed E-state index contributed by atoms with van der Waals surface area (Å²) in [5.74, 6) is 0. The van der Waals surface area contributed by atoms with Gasteiger partial charge in [-0.2, -0.15) is 0 Å². The Bertz CT molecular complexity index is 471. The molecule has 0 heterocycles. The summed E-state index contributed by atoms with van der Waals surface area (Å²) in [5, 5.41) is 0. The second-order valence-corrected chi connectivity index (χ2v) is 4.18. The number of para-hydroxylation sites is 1. The van der Waals surface area contributed by atoms with E-state index < -0.39 is 0 Å². The number of hydrogen-bond donors (Lipinski definition) is 0. The minimum absolute atomic E-state index is 1.22. The maximum Gasteiger partial charge on any atom is 0.0437 e. The maximum atomic E-state index is 2.22. The van der Waals surface area contributed by atoms with E-state index in [9.17, 15) is 0 Å². The van der Waals surface area contributed by atoms with Gasteiger partial charge in [-0.15, -0.1) is 0 Å². The van der Waals surface area contributed by atoms with Crippen molar-refractivity contribution in [3.63, 3.8) is 0 Å². The lowest BCUT2D eigenvalue weighted by molar-refractivity contribution is 1.18. The zero-order valence-electron chi connectivity index (χ0n) is 10.1. The third-order valence-electron chi connectivity index (χ3n) is 2.90. The van der Waals surface area contributed by atoms with Crippen LogP contribution in [0.25, 0.3) is 0 Å². The van der Waals surface area contributed by atoms with Gasteiger partial charge in [0.25, 0.3) is 0 Å². The van der Waals surface area contributed by atoms with Crippen LogP contribution in [0, 0.1) is 13.8 Å². The third-order valence-corrected chi connectivity index (χ3v) is 2.90. The summed E-state index contributed by atoms with van der Waals surface area (Å²) >= 11 is 0. The fourth-order valence-corrected chi connectivity index (χ4v) is 1.85. The molecule has 0 aliphatic carbocycles. The number of rotatable bonds is 2. The number of benzene rings is 2. The fourth-order valence-electron chi connectivity index (χ4n) is 1.85. The summed E-state index contributed by atoms with van der Waals surface area (Å²) in [6, 6.07) is 17.0. The number of hydrogen-bond acceptors (Lipinski definition) is 1. The highest BCUT2D eigenvalue weighted by Crippen LogP contribution is 2.26. The lowest BCUT2D eigenvalue weighted by Gasteiger charge is -2.21. The molecular weight excluding hydrogens is 194 g/mol. The van der Waals surface area contributed by atoms with Gasteiger partial charge in [-0.3, -0.25) is 0 Å². The SMILES string of the molecule is Cc1ccc(N(C)c2ccccc2C)cc1. The lowest BCUT2D eigenvalue weighted by atomic mass is 10.1. The van der Waals surface area contributed by atoms with Crippen LogP contribution in [0.5, 0.6) is 0 Å². The minimum Gasteiger partial charge on any atom is -0.344 e. The highest BCUT2D eigenvalue weighted by atomic mass is 15.1. The topological polar surface area (TPSA) is 3.24 Å². The van der Waals surface area contributed by atoms with Crippen molar-refractivity contribution < 1.29 is 0 Å². The Balaban J connectivity index is 2.35. The van der Waals surface area contributed by atoms with Crippen LogP contribution in [0.2, 0.25) is 0 Å². The van der Waals surface area contributed by atoms with E-state index in [2.05, 4.69) is 74.3 Å². The Morgan fingerprint density at radius 1 is 0.812 bits per heavy atom. The van der Waals surface area contributed by atoms with Crippen LogP contribution in [0.15, 0.2) is 48.5 Å². The first-order chi connectivity index (χ1) is 7.68. The largest absolute Gasteiger partial charge is 0.344 e. The first-order valence-electron chi connectivity index (χ1n) is 5.54. The molecular formula is C15H17N. The highest BCUT2D eigenvalue weighted by molar-refractivity contribution is 5.65. The van der Waals surface area contributed by atoms with Crippen molar-refractivity contribution in [1.82, 2.24) is 0 Å². The molecule has 2 rings (SSSR count). The van der Waals surface area contributed by atoms with Gasteiger partial charge in [-0.25, -0.2) is 0 Å². The minimum atomic E-state index is 1.22. The average molecular weight is 211 g/mol. The molecule has 1 nitrogen and oxygen atoms in total. The first-order valence-corrected chi connectivity index (χ1v) is 5.54. The zero-order valence-corrected chi connectivity index (χ0v) is 10.1. The summed E-state index contributed by atoms with van der Waals surface area (Å²) in [7, 11) is 2.10. The fraction of sp³-hybridized carbons (Fsp3) is 0.200. The summed E-state index contributed by atoms with van der Waals surface area (Å²) < 4.78 is 0. The van der Waals surface area contributed by atoms with Crippen LogP contribution < -0.4 is 4.90 Å². The number of nitrogens with zero attached hydrogens (tertiary/aromatic N) is 1. The number of anilines is 2. The molecule has 0 unspecified atom stereocenters. The summed E-state index contributed by atoms with van der Waals surface area (Å²) in [4.78, 5) is 2.22. The molecule has 0 saturated carbocycles. The van der Waals surface area contributed by atoms with E-state index in [1.165, 1.54) is 22.5 Å². The van der Waals surface area contributed by atoms with Crippen molar-refractivity contribution >= 4 is 11.4 Å². The normalized spacial score (nSPS) is 10.2. The van der Waals surface area contributed by atoms with Crippen molar-refractivity contribution in [3.8, 4) is 0 Å². The van der Waals surface area contributed by atoms with Gasteiger partial charge in [0, 0.05) is 18.4 Å². The van der Waals surface area contributed by atoms with Gasteiger partial charge in [0.15, 0.2) is 0 Å². The quantitative estimate of drug-likeness (QED) is 0.723. The van der Waals surface area contributed by atoms with E-state index in [1.54, 1.807) is 0 Å². The molecule has 0 aliphatic rings. The van der Waals surface area contributed by atoms with Crippen LogP contribution in [-0.4, -0.2) is 7.05 Å². The Morgan fingerprint density at radius 3 is 2.06 bits per heavy atom. The predicted molar refractivity (Wildman–Crippen MR) is 70.4 cm³/mol. The molecule has 0 spiro atoms. The van der Waals surface area contributed by atoms with Crippen molar-refractivity contribution in [2.24, 2.45) is 0 Å². The molecule has 1 heteroatoms. The van der Waals surface area contributed by atoms with E-state index in [1.807, 2.05) is 0 Å². The molecule has 0 aromatic heterocycles. The predicted octanol–water partition coefficient (Wildman–Crippen LogP) is 4.07. The van der Waals surface area contributed by atoms with Gasteiger partial charge < -0.3 is 4.90 Å². The Morgan fingerprint density at radius 2 is 1.44 bits per heavy atom. The van der Waals surface area contributed by atoms with Crippen LogP contribution >= 0.6 is 0 Å². The van der Waals surface area contributed by atoms with Crippen molar-refractivity contribution in [3.05, 3.63) is 59.7 Å². The van der Waals surface area contributed by atoms with E-state index in [0.29, 0.717) is 0 Å². The van der Waals surface area contributed by atoms with Gasteiger partial charge in [0.2, 0.25) is 0 Å². The van der Waals surface area contributed by atoms with Gasteiger partial charge >= 0.3 is 0 Å². The Hall–Kier alpha value is -1.76. The van der Waals surface area contributed by atoms with E-state index in [0.717, 1.165) is 0 Å². The monoisotopic (exact) mass is 211 g/mol. The van der Waals surface area contributed by atoms with Gasteiger partial charge in [-0.1, -0.05) is 35.9 Å². The van der Waals surface area contributed by atoms with Gasteiger partial charge in [0.05, 0.1) is 0 Å². The molecule has 2 aromatic carbocycles. The number of aryl methyl sites for hydroxylation is 2. The van der Waals surface area contributed by atoms with E-state index in [-0.39, 0.29) is 0 Å².